The van der Waals surface area contributed by atoms with Gasteiger partial charge in [-0.3, -0.25) is 4.98 Å². The van der Waals surface area contributed by atoms with Crippen molar-refractivity contribution in [3.05, 3.63) is 76.5 Å². The summed E-state index contributed by atoms with van der Waals surface area (Å²) in [4.78, 5) is 4.46. The molecule has 4 aromatic rings. The van der Waals surface area contributed by atoms with Crippen LogP contribution in [0.5, 0.6) is 0 Å². The zero-order valence-corrected chi connectivity index (χ0v) is 21.4. The van der Waals surface area contributed by atoms with E-state index in [9.17, 15) is 14.8 Å². The fraction of sp³-hybridized carbons (Fsp3) is 0.357. The first-order valence-corrected chi connectivity index (χ1v) is 13.3. The predicted molar refractivity (Wildman–Crippen MR) is 144 cm³/mol. The largest absolute Gasteiger partial charge is 0.393 e. The monoisotopic (exact) mass is 531 g/mol. The Morgan fingerprint density at radius 3 is 2.71 bits per heavy atom. The van der Waals surface area contributed by atoms with Crippen LogP contribution < -0.4 is 10.6 Å². The normalized spacial score (nSPS) is 20.2. The lowest BCUT2D eigenvalue weighted by Crippen LogP contribution is -2.30. The molecule has 2 fully saturated rings. The van der Waals surface area contributed by atoms with Gasteiger partial charge >= 0.3 is 0 Å². The van der Waals surface area contributed by atoms with E-state index in [0.29, 0.717) is 51.0 Å². The molecule has 6 rings (SSSR count). The molecule has 2 aliphatic carbocycles. The van der Waals surface area contributed by atoms with Crippen LogP contribution in [-0.2, 0) is 0 Å². The van der Waals surface area contributed by atoms with Gasteiger partial charge in [-0.25, -0.2) is 9.07 Å². The molecule has 194 valence electrons. The molecule has 3 atom stereocenters. The molecule has 2 aromatic heterocycles. The summed E-state index contributed by atoms with van der Waals surface area (Å²) in [6.45, 7) is 0. The number of aromatic nitrogens is 4. The van der Waals surface area contributed by atoms with E-state index in [0.717, 1.165) is 37.7 Å². The van der Waals surface area contributed by atoms with Gasteiger partial charge in [0.05, 0.1) is 46.2 Å². The Hall–Kier alpha value is -3.74. The van der Waals surface area contributed by atoms with Crippen molar-refractivity contribution < 1.29 is 9.50 Å². The number of pyridine rings is 1. The van der Waals surface area contributed by atoms with Gasteiger partial charge in [-0.05, 0) is 68.4 Å². The summed E-state index contributed by atoms with van der Waals surface area (Å²) >= 11 is 6.71. The molecule has 8 nitrogen and oxygen atoms in total. The van der Waals surface area contributed by atoms with Gasteiger partial charge in [0.1, 0.15) is 17.6 Å². The van der Waals surface area contributed by atoms with Crippen LogP contribution >= 0.6 is 11.6 Å². The highest BCUT2D eigenvalue weighted by atomic mass is 35.5. The highest BCUT2D eigenvalue weighted by Gasteiger charge is 2.27. The Kier molecular flexibility index (Phi) is 6.60. The number of rotatable bonds is 7. The SMILES string of the molecule is N#Cc1cnc2c(Cl)cc(NC(c3ccc(F)cc3)c3cn(C4CC4)nn3)cc2c1N[C@@H]1CCC[C@@H](O)C1. The second-order valence-corrected chi connectivity index (χ2v) is 10.6. The molecule has 0 aliphatic heterocycles. The smallest absolute Gasteiger partial charge is 0.123 e. The number of anilines is 2. The third-order valence-corrected chi connectivity index (χ3v) is 7.59. The lowest BCUT2D eigenvalue weighted by molar-refractivity contribution is 0.124. The van der Waals surface area contributed by atoms with Crippen LogP contribution in [0.4, 0.5) is 15.8 Å². The minimum absolute atomic E-state index is 0.0382. The Labute approximate surface area is 224 Å². The fourth-order valence-corrected chi connectivity index (χ4v) is 5.44. The molecule has 1 unspecified atom stereocenters. The highest BCUT2D eigenvalue weighted by Crippen LogP contribution is 2.38. The first kappa shape index (κ1) is 24.6. The fourth-order valence-electron chi connectivity index (χ4n) is 5.17. The van der Waals surface area contributed by atoms with Crippen molar-refractivity contribution in [2.75, 3.05) is 10.6 Å². The van der Waals surface area contributed by atoms with Crippen molar-refractivity contribution >= 4 is 33.9 Å². The summed E-state index contributed by atoms with van der Waals surface area (Å²) < 4.78 is 15.6. The zero-order chi connectivity index (χ0) is 26.2. The average molecular weight is 532 g/mol. The quantitative estimate of drug-likeness (QED) is 0.278. The van der Waals surface area contributed by atoms with Crippen LogP contribution in [-0.4, -0.2) is 37.2 Å². The maximum absolute atomic E-state index is 13.7. The Morgan fingerprint density at radius 1 is 1.16 bits per heavy atom. The second-order valence-electron chi connectivity index (χ2n) is 10.2. The summed E-state index contributed by atoms with van der Waals surface area (Å²) in [6, 6.07) is 12.2. The number of hydrogen-bond acceptors (Lipinski definition) is 7. The first-order chi connectivity index (χ1) is 18.5. The van der Waals surface area contributed by atoms with E-state index in [1.807, 2.05) is 16.9 Å². The molecule has 0 bridgehead atoms. The van der Waals surface area contributed by atoms with Crippen molar-refractivity contribution in [3.63, 3.8) is 0 Å². The summed E-state index contributed by atoms with van der Waals surface area (Å²) in [7, 11) is 0. The van der Waals surface area contributed by atoms with Crippen molar-refractivity contribution in [1.29, 1.82) is 5.26 Å². The van der Waals surface area contributed by atoms with Crippen LogP contribution in [0, 0.1) is 17.1 Å². The van der Waals surface area contributed by atoms with Crippen LogP contribution in [0.25, 0.3) is 10.9 Å². The number of nitrogens with zero attached hydrogens (tertiary/aromatic N) is 5. The highest BCUT2D eigenvalue weighted by molar-refractivity contribution is 6.35. The average Bonchev–Trinajstić information content (AvgIpc) is 3.65. The van der Waals surface area contributed by atoms with Gasteiger partial charge in [0, 0.05) is 23.3 Å². The van der Waals surface area contributed by atoms with Gasteiger partial charge < -0.3 is 15.7 Å². The lowest BCUT2D eigenvalue weighted by Gasteiger charge is -2.28. The first-order valence-electron chi connectivity index (χ1n) is 12.9. The van der Waals surface area contributed by atoms with Crippen LogP contribution in [0.1, 0.15) is 67.4 Å². The van der Waals surface area contributed by atoms with E-state index in [2.05, 4.69) is 32.0 Å². The maximum Gasteiger partial charge on any atom is 0.123 e. The van der Waals surface area contributed by atoms with Crippen molar-refractivity contribution in [2.45, 2.75) is 62.8 Å². The number of nitrogens with one attached hydrogen (secondary N) is 2. The molecule has 0 radical (unpaired) electrons. The Bertz CT molecular complexity index is 1510. The van der Waals surface area contributed by atoms with Crippen LogP contribution in [0.15, 0.2) is 48.8 Å². The zero-order valence-electron chi connectivity index (χ0n) is 20.6. The van der Waals surface area contributed by atoms with E-state index in [4.69, 9.17) is 11.6 Å². The van der Waals surface area contributed by atoms with E-state index in [1.54, 1.807) is 18.2 Å². The number of aliphatic hydroxyl groups is 1. The summed E-state index contributed by atoms with van der Waals surface area (Å²) in [5.41, 5.74) is 3.87. The van der Waals surface area contributed by atoms with Gasteiger partial charge in [-0.1, -0.05) is 28.9 Å². The molecule has 2 aliphatic rings. The number of aliphatic hydroxyl groups excluding tert-OH is 1. The third-order valence-electron chi connectivity index (χ3n) is 7.30. The molecule has 2 heterocycles. The number of fused-ring (bicyclic) bond motifs is 1. The van der Waals surface area contributed by atoms with Gasteiger partial charge in [0.15, 0.2) is 0 Å². The molecule has 10 heteroatoms. The lowest BCUT2D eigenvalue weighted by atomic mass is 9.92. The van der Waals surface area contributed by atoms with Crippen molar-refractivity contribution in [1.82, 2.24) is 20.0 Å². The molecule has 2 aromatic carbocycles. The van der Waals surface area contributed by atoms with Gasteiger partial charge in [0.25, 0.3) is 0 Å². The number of hydrogen-bond donors (Lipinski definition) is 3. The molecule has 2 saturated carbocycles. The minimum Gasteiger partial charge on any atom is -0.393 e. The van der Waals surface area contributed by atoms with Crippen LogP contribution in [0.2, 0.25) is 5.02 Å². The molecule has 0 saturated heterocycles. The molecule has 3 N–H and O–H groups in total. The molecular formula is C28H27ClFN7O. The molecular weight excluding hydrogens is 505 g/mol. The molecule has 0 spiro atoms. The standard InChI is InChI=1S/C28H27ClFN7O/c29-24-12-20(11-23-26(17(13-31)14-32-28(23)24)33-19-2-1-3-22(38)10-19)34-27(16-4-6-18(30)7-5-16)25-15-37(36-35-25)21-8-9-21/h4-7,11-12,14-15,19,21-22,27,34,38H,1-3,8-10H2,(H,32,33)/t19-,22-,27?/m1/s1. The summed E-state index contributed by atoms with van der Waals surface area (Å²) in [5, 5.41) is 36.9. The molecule has 0 amide bonds. The predicted octanol–water partition coefficient (Wildman–Crippen LogP) is 5.74. The summed E-state index contributed by atoms with van der Waals surface area (Å²) in [5.74, 6) is -0.318. The minimum atomic E-state index is -0.409. The Morgan fingerprint density at radius 2 is 1.97 bits per heavy atom. The van der Waals surface area contributed by atoms with Crippen molar-refractivity contribution in [3.8, 4) is 6.07 Å². The van der Waals surface area contributed by atoms with Gasteiger partial charge in [-0.15, -0.1) is 5.10 Å². The third kappa shape index (κ3) is 5.02. The van der Waals surface area contributed by atoms with E-state index in [1.165, 1.54) is 18.3 Å². The van der Waals surface area contributed by atoms with E-state index < -0.39 is 6.04 Å². The van der Waals surface area contributed by atoms with E-state index >= 15 is 0 Å². The van der Waals surface area contributed by atoms with Gasteiger partial charge in [-0.2, -0.15) is 5.26 Å². The second kappa shape index (κ2) is 10.2. The molecule has 38 heavy (non-hydrogen) atoms. The number of benzene rings is 2. The summed E-state index contributed by atoms with van der Waals surface area (Å²) in [6.07, 6.45) is 8.48. The van der Waals surface area contributed by atoms with Gasteiger partial charge in [0.2, 0.25) is 0 Å². The maximum atomic E-state index is 13.7. The van der Waals surface area contributed by atoms with E-state index in [-0.39, 0.29) is 18.0 Å². The van der Waals surface area contributed by atoms with Crippen LogP contribution in [0.3, 0.4) is 0 Å². The number of halogens is 2. The Balaban J connectivity index is 1.40. The van der Waals surface area contributed by atoms with Crippen molar-refractivity contribution in [2.24, 2.45) is 0 Å². The number of nitriles is 1. The topological polar surface area (TPSA) is 112 Å².